The molecule has 1 saturated carbocycles. The van der Waals surface area contributed by atoms with Gasteiger partial charge in [-0.05, 0) is 31.2 Å². The van der Waals surface area contributed by atoms with Gasteiger partial charge in [0.1, 0.15) is 5.84 Å². The summed E-state index contributed by atoms with van der Waals surface area (Å²) in [5, 5.41) is 14.9. The number of nitrogens with two attached hydrogens (primary N) is 1. The summed E-state index contributed by atoms with van der Waals surface area (Å²) >= 11 is 0. The van der Waals surface area contributed by atoms with Gasteiger partial charge in [0.25, 0.3) is 0 Å². The van der Waals surface area contributed by atoms with Crippen LogP contribution in [0.1, 0.15) is 46.0 Å². The van der Waals surface area contributed by atoms with Crippen LogP contribution < -0.4 is 11.1 Å². The number of nitrogens with zero attached hydrogens (tertiary/aromatic N) is 1. The quantitative estimate of drug-likeness (QED) is 0.219. The monoisotopic (exact) mass is 241 g/mol. The molecule has 1 rings (SSSR count). The molecule has 1 aliphatic carbocycles. The lowest BCUT2D eigenvalue weighted by molar-refractivity contribution is 0.267. The van der Waals surface area contributed by atoms with E-state index in [1.807, 2.05) is 6.92 Å². The van der Waals surface area contributed by atoms with Crippen molar-refractivity contribution < 1.29 is 5.21 Å². The SMILES string of the molecule is CC1CCCC(CCNCC(C)C(N)=NO)C1. The lowest BCUT2D eigenvalue weighted by Gasteiger charge is -2.26. The number of nitrogens with one attached hydrogen (secondary N) is 1. The summed E-state index contributed by atoms with van der Waals surface area (Å²) in [4.78, 5) is 0. The van der Waals surface area contributed by atoms with E-state index in [9.17, 15) is 0 Å². The number of hydrogen-bond donors (Lipinski definition) is 3. The summed E-state index contributed by atoms with van der Waals surface area (Å²) in [6, 6.07) is 0. The molecule has 3 unspecified atom stereocenters. The molecule has 0 radical (unpaired) electrons. The van der Waals surface area contributed by atoms with E-state index in [0.717, 1.165) is 24.9 Å². The van der Waals surface area contributed by atoms with E-state index in [1.165, 1.54) is 32.1 Å². The molecule has 0 aliphatic heterocycles. The van der Waals surface area contributed by atoms with Gasteiger partial charge >= 0.3 is 0 Å². The molecule has 1 fully saturated rings. The minimum atomic E-state index is 0.102. The lowest BCUT2D eigenvalue weighted by atomic mass is 9.81. The molecule has 0 spiro atoms. The normalized spacial score (nSPS) is 28.0. The Morgan fingerprint density at radius 1 is 1.53 bits per heavy atom. The molecule has 3 atom stereocenters. The van der Waals surface area contributed by atoms with Crippen molar-refractivity contribution >= 4 is 5.84 Å². The third-order valence-corrected chi connectivity index (χ3v) is 3.85. The maximum absolute atomic E-state index is 8.53. The zero-order valence-electron chi connectivity index (χ0n) is 11.2. The molecule has 0 aromatic heterocycles. The van der Waals surface area contributed by atoms with Crippen molar-refractivity contribution in [3.63, 3.8) is 0 Å². The van der Waals surface area contributed by atoms with Crippen LogP contribution in [0.3, 0.4) is 0 Å². The van der Waals surface area contributed by atoms with Gasteiger partial charge in [-0.2, -0.15) is 0 Å². The van der Waals surface area contributed by atoms with Gasteiger partial charge in [-0.15, -0.1) is 0 Å². The molecular formula is C13H27N3O. The van der Waals surface area contributed by atoms with E-state index in [-0.39, 0.29) is 5.92 Å². The summed E-state index contributed by atoms with van der Waals surface area (Å²) < 4.78 is 0. The Labute approximate surface area is 105 Å². The van der Waals surface area contributed by atoms with Crippen molar-refractivity contribution in [1.29, 1.82) is 0 Å². The van der Waals surface area contributed by atoms with Crippen LogP contribution in [0.25, 0.3) is 0 Å². The van der Waals surface area contributed by atoms with Gasteiger partial charge in [-0.1, -0.05) is 38.3 Å². The second kappa shape index (κ2) is 7.54. The van der Waals surface area contributed by atoms with Crippen LogP contribution in [-0.4, -0.2) is 24.1 Å². The molecule has 100 valence electrons. The molecule has 0 amide bonds. The lowest BCUT2D eigenvalue weighted by Crippen LogP contribution is -2.32. The van der Waals surface area contributed by atoms with Crippen molar-refractivity contribution in [3.05, 3.63) is 0 Å². The first-order valence-corrected chi connectivity index (χ1v) is 6.81. The molecule has 4 N–H and O–H groups in total. The van der Waals surface area contributed by atoms with E-state index in [1.54, 1.807) is 0 Å². The zero-order valence-corrected chi connectivity index (χ0v) is 11.2. The largest absolute Gasteiger partial charge is 0.409 e. The van der Waals surface area contributed by atoms with Crippen LogP contribution in [0.15, 0.2) is 5.16 Å². The van der Waals surface area contributed by atoms with Crippen LogP contribution in [0.2, 0.25) is 0 Å². The van der Waals surface area contributed by atoms with E-state index < -0.39 is 0 Å². The topological polar surface area (TPSA) is 70.6 Å². The van der Waals surface area contributed by atoms with Gasteiger partial charge in [-0.25, -0.2) is 0 Å². The minimum Gasteiger partial charge on any atom is -0.409 e. The maximum atomic E-state index is 8.53. The Bertz CT molecular complexity index is 243. The second-order valence-corrected chi connectivity index (χ2v) is 5.56. The molecule has 0 heterocycles. The number of hydrogen-bond acceptors (Lipinski definition) is 3. The van der Waals surface area contributed by atoms with Crippen molar-refractivity contribution in [2.45, 2.75) is 46.0 Å². The Balaban J connectivity index is 2.07. The van der Waals surface area contributed by atoms with E-state index >= 15 is 0 Å². The molecule has 0 bridgehead atoms. The van der Waals surface area contributed by atoms with Crippen molar-refractivity contribution in [2.24, 2.45) is 28.6 Å². The highest BCUT2D eigenvalue weighted by Gasteiger charge is 2.18. The Morgan fingerprint density at radius 3 is 2.94 bits per heavy atom. The first-order valence-electron chi connectivity index (χ1n) is 6.81. The standard InChI is InChI=1S/C13H27N3O/c1-10-4-3-5-12(8-10)6-7-15-9-11(2)13(14)16-17/h10-12,15,17H,3-9H2,1-2H3,(H2,14,16). The second-order valence-electron chi connectivity index (χ2n) is 5.56. The van der Waals surface area contributed by atoms with E-state index in [4.69, 9.17) is 10.9 Å². The predicted octanol–water partition coefficient (Wildman–Crippen LogP) is 2.17. The molecule has 0 aromatic carbocycles. The van der Waals surface area contributed by atoms with Gasteiger partial charge in [0.2, 0.25) is 0 Å². The van der Waals surface area contributed by atoms with Crippen LogP contribution in [0, 0.1) is 17.8 Å². The highest BCUT2D eigenvalue weighted by Crippen LogP contribution is 2.30. The third-order valence-electron chi connectivity index (χ3n) is 3.85. The summed E-state index contributed by atoms with van der Waals surface area (Å²) in [5.74, 6) is 2.21. The van der Waals surface area contributed by atoms with E-state index in [2.05, 4.69) is 17.4 Å². The third kappa shape index (κ3) is 5.39. The van der Waals surface area contributed by atoms with Crippen molar-refractivity contribution in [1.82, 2.24) is 5.32 Å². The van der Waals surface area contributed by atoms with Crippen molar-refractivity contribution in [2.75, 3.05) is 13.1 Å². The Hall–Kier alpha value is -0.770. The van der Waals surface area contributed by atoms with Crippen LogP contribution in [-0.2, 0) is 0 Å². The van der Waals surface area contributed by atoms with Crippen LogP contribution in [0.4, 0.5) is 0 Å². The van der Waals surface area contributed by atoms with Gasteiger partial charge in [0, 0.05) is 12.5 Å². The van der Waals surface area contributed by atoms with Gasteiger partial charge < -0.3 is 16.3 Å². The summed E-state index contributed by atoms with van der Waals surface area (Å²) in [5.41, 5.74) is 5.52. The van der Waals surface area contributed by atoms with E-state index in [0.29, 0.717) is 5.84 Å². The molecular weight excluding hydrogens is 214 g/mol. The fraction of sp³-hybridized carbons (Fsp3) is 0.923. The molecule has 4 heteroatoms. The zero-order chi connectivity index (χ0) is 12.7. The average molecular weight is 241 g/mol. The highest BCUT2D eigenvalue weighted by molar-refractivity contribution is 5.82. The Kier molecular flexibility index (Phi) is 6.34. The van der Waals surface area contributed by atoms with Crippen molar-refractivity contribution in [3.8, 4) is 0 Å². The summed E-state index contributed by atoms with van der Waals surface area (Å²) in [6.45, 7) is 6.16. The molecule has 4 nitrogen and oxygen atoms in total. The molecule has 0 aromatic rings. The van der Waals surface area contributed by atoms with Crippen LogP contribution in [0.5, 0.6) is 0 Å². The number of amidine groups is 1. The predicted molar refractivity (Wildman–Crippen MR) is 71.2 cm³/mol. The minimum absolute atomic E-state index is 0.102. The molecule has 17 heavy (non-hydrogen) atoms. The maximum Gasteiger partial charge on any atom is 0.143 e. The number of oxime groups is 1. The van der Waals surface area contributed by atoms with Gasteiger partial charge in [0.05, 0.1) is 0 Å². The fourth-order valence-corrected chi connectivity index (χ4v) is 2.65. The first-order chi connectivity index (χ1) is 8.13. The summed E-state index contributed by atoms with van der Waals surface area (Å²) in [6.07, 6.45) is 6.84. The fourth-order valence-electron chi connectivity index (χ4n) is 2.65. The van der Waals surface area contributed by atoms with Gasteiger partial charge in [-0.3, -0.25) is 0 Å². The number of rotatable bonds is 6. The Morgan fingerprint density at radius 2 is 2.29 bits per heavy atom. The smallest absolute Gasteiger partial charge is 0.143 e. The summed E-state index contributed by atoms with van der Waals surface area (Å²) in [7, 11) is 0. The highest BCUT2D eigenvalue weighted by atomic mass is 16.4. The first kappa shape index (κ1) is 14.3. The molecule has 0 saturated heterocycles. The van der Waals surface area contributed by atoms with Crippen LogP contribution >= 0.6 is 0 Å². The average Bonchev–Trinajstić information content (AvgIpc) is 2.33. The molecule has 1 aliphatic rings. The van der Waals surface area contributed by atoms with Gasteiger partial charge in [0.15, 0.2) is 0 Å².